The molecule has 1 heterocycles. The second-order valence-electron chi connectivity index (χ2n) is 4.99. The largest absolute Gasteiger partial charge is 0.398 e. The summed E-state index contributed by atoms with van der Waals surface area (Å²) in [5.74, 6) is 1.68. The summed E-state index contributed by atoms with van der Waals surface area (Å²) in [6.07, 6.45) is 0. The Labute approximate surface area is 125 Å². The van der Waals surface area contributed by atoms with Gasteiger partial charge in [0.15, 0.2) is 0 Å². The first kappa shape index (κ1) is 16.2. The fourth-order valence-corrected chi connectivity index (χ4v) is 3.42. The summed E-state index contributed by atoms with van der Waals surface area (Å²) in [4.78, 5) is 14.4. The zero-order valence-corrected chi connectivity index (χ0v) is 13.0. The number of anilines is 1. The summed E-state index contributed by atoms with van der Waals surface area (Å²) < 4.78 is 0. The normalized spacial score (nSPS) is 19.1. The third-order valence-corrected chi connectivity index (χ3v) is 4.86. The minimum atomic E-state index is 0. The number of thioether (sulfide) groups is 1. The molecule has 2 N–H and O–H groups in total. The summed E-state index contributed by atoms with van der Waals surface area (Å²) in [7, 11) is 0. The molecule has 1 unspecified atom stereocenters. The number of nitrogens with two attached hydrogens (primary N) is 1. The maximum atomic E-state index is 12.4. The Morgan fingerprint density at radius 2 is 2.11 bits per heavy atom. The molecule has 1 atom stereocenters. The zero-order chi connectivity index (χ0) is 13.1. The molecule has 1 fully saturated rings. The second-order valence-corrected chi connectivity index (χ2v) is 6.34. The van der Waals surface area contributed by atoms with Crippen molar-refractivity contribution < 1.29 is 4.79 Å². The van der Waals surface area contributed by atoms with Crippen molar-refractivity contribution in [1.82, 2.24) is 4.90 Å². The van der Waals surface area contributed by atoms with Gasteiger partial charge in [-0.25, -0.2) is 0 Å². The number of carbonyl (C=O) groups excluding carboxylic acids is 1. The van der Waals surface area contributed by atoms with Crippen molar-refractivity contribution in [3.8, 4) is 0 Å². The van der Waals surface area contributed by atoms with Crippen LogP contribution >= 0.6 is 24.2 Å². The molecule has 0 saturated carbocycles. The monoisotopic (exact) mass is 300 g/mol. The molecule has 106 valence electrons. The smallest absolute Gasteiger partial charge is 0.256 e. The predicted octanol–water partition coefficient (Wildman–Crippen LogP) is 2.90. The molecule has 0 spiro atoms. The molecule has 2 rings (SSSR count). The summed E-state index contributed by atoms with van der Waals surface area (Å²) in [5.41, 5.74) is 7.07. The Morgan fingerprint density at radius 1 is 1.42 bits per heavy atom. The van der Waals surface area contributed by atoms with E-state index >= 15 is 0 Å². The fourth-order valence-electron chi connectivity index (χ4n) is 2.13. The molecule has 3 nitrogen and oxygen atoms in total. The average molecular weight is 301 g/mol. The van der Waals surface area contributed by atoms with E-state index in [1.807, 2.05) is 34.9 Å². The zero-order valence-electron chi connectivity index (χ0n) is 11.3. The maximum absolute atomic E-state index is 12.4. The number of hydrogen-bond acceptors (Lipinski definition) is 3. The first-order chi connectivity index (χ1) is 8.59. The van der Waals surface area contributed by atoms with Crippen molar-refractivity contribution in [3.05, 3.63) is 29.8 Å². The average Bonchev–Trinajstić information content (AvgIpc) is 2.38. The predicted molar refractivity (Wildman–Crippen MR) is 85.1 cm³/mol. The van der Waals surface area contributed by atoms with E-state index in [4.69, 9.17) is 5.73 Å². The van der Waals surface area contributed by atoms with Gasteiger partial charge in [-0.05, 0) is 18.1 Å². The van der Waals surface area contributed by atoms with E-state index in [1.165, 1.54) is 0 Å². The summed E-state index contributed by atoms with van der Waals surface area (Å²) in [5, 5.41) is 0.535. The lowest BCUT2D eigenvalue weighted by atomic mass is 10.1. The number of nitrogen functional groups attached to an aromatic ring is 1. The minimum Gasteiger partial charge on any atom is -0.398 e. The third kappa shape index (κ3) is 3.80. The molecule has 1 saturated heterocycles. The van der Waals surface area contributed by atoms with Crippen molar-refractivity contribution in [2.75, 3.05) is 24.6 Å². The second kappa shape index (κ2) is 7.06. The van der Waals surface area contributed by atoms with Gasteiger partial charge in [-0.15, -0.1) is 12.4 Å². The van der Waals surface area contributed by atoms with Crippen LogP contribution in [0.4, 0.5) is 5.69 Å². The van der Waals surface area contributed by atoms with Crippen LogP contribution in [0.1, 0.15) is 24.2 Å². The van der Waals surface area contributed by atoms with Crippen molar-refractivity contribution in [3.63, 3.8) is 0 Å². The third-order valence-electron chi connectivity index (χ3n) is 3.32. The lowest BCUT2D eigenvalue weighted by Crippen LogP contribution is -2.43. The van der Waals surface area contributed by atoms with Gasteiger partial charge in [-0.1, -0.05) is 26.0 Å². The van der Waals surface area contributed by atoms with E-state index in [1.54, 1.807) is 6.07 Å². The Morgan fingerprint density at radius 3 is 2.74 bits per heavy atom. The highest BCUT2D eigenvalue weighted by Gasteiger charge is 2.27. The molecule has 1 aromatic rings. The number of para-hydroxylation sites is 1. The number of rotatable bonds is 2. The molecule has 1 aliphatic rings. The molecule has 0 aromatic heterocycles. The number of amides is 1. The van der Waals surface area contributed by atoms with Crippen LogP contribution in [0.3, 0.4) is 0 Å². The molecule has 1 amide bonds. The van der Waals surface area contributed by atoms with Gasteiger partial charge in [-0.2, -0.15) is 11.8 Å². The van der Waals surface area contributed by atoms with Crippen molar-refractivity contribution in [2.24, 2.45) is 5.92 Å². The van der Waals surface area contributed by atoms with Gasteiger partial charge in [0.05, 0.1) is 5.56 Å². The highest BCUT2D eigenvalue weighted by molar-refractivity contribution is 8.00. The van der Waals surface area contributed by atoms with Gasteiger partial charge in [0.2, 0.25) is 0 Å². The molecule has 1 aliphatic heterocycles. The fraction of sp³-hybridized carbons (Fsp3) is 0.500. The van der Waals surface area contributed by atoms with Crippen molar-refractivity contribution in [2.45, 2.75) is 19.1 Å². The van der Waals surface area contributed by atoms with E-state index < -0.39 is 0 Å². The minimum absolute atomic E-state index is 0. The summed E-state index contributed by atoms with van der Waals surface area (Å²) in [6.45, 7) is 6.07. The lowest BCUT2D eigenvalue weighted by molar-refractivity contribution is 0.0757. The van der Waals surface area contributed by atoms with E-state index in [2.05, 4.69) is 13.8 Å². The first-order valence-electron chi connectivity index (χ1n) is 6.35. The van der Waals surface area contributed by atoms with Crippen LogP contribution in [0.2, 0.25) is 0 Å². The van der Waals surface area contributed by atoms with E-state index in [0.29, 0.717) is 22.4 Å². The van der Waals surface area contributed by atoms with E-state index in [0.717, 1.165) is 18.8 Å². The number of benzene rings is 1. The van der Waals surface area contributed by atoms with Crippen LogP contribution in [0, 0.1) is 5.92 Å². The van der Waals surface area contributed by atoms with Crippen LogP contribution in [0.25, 0.3) is 0 Å². The van der Waals surface area contributed by atoms with E-state index in [9.17, 15) is 4.79 Å². The molecule has 0 bridgehead atoms. The molecular weight excluding hydrogens is 280 g/mol. The van der Waals surface area contributed by atoms with Crippen LogP contribution in [0.15, 0.2) is 24.3 Å². The molecule has 5 heteroatoms. The lowest BCUT2D eigenvalue weighted by Gasteiger charge is -2.34. The first-order valence-corrected chi connectivity index (χ1v) is 7.40. The molecule has 19 heavy (non-hydrogen) atoms. The molecule has 0 radical (unpaired) electrons. The van der Waals surface area contributed by atoms with E-state index in [-0.39, 0.29) is 18.3 Å². The number of carbonyl (C=O) groups is 1. The molecular formula is C14H21ClN2OS. The Kier molecular flexibility index (Phi) is 6.01. The van der Waals surface area contributed by atoms with Crippen molar-refractivity contribution >= 4 is 35.8 Å². The van der Waals surface area contributed by atoms with Gasteiger partial charge in [0.25, 0.3) is 5.91 Å². The number of halogens is 1. The Bertz CT molecular complexity index is 439. The van der Waals surface area contributed by atoms with Gasteiger partial charge < -0.3 is 10.6 Å². The molecule has 0 aliphatic carbocycles. The number of nitrogens with zero attached hydrogens (tertiary/aromatic N) is 1. The van der Waals surface area contributed by atoms with Crippen molar-refractivity contribution in [1.29, 1.82) is 0 Å². The summed E-state index contributed by atoms with van der Waals surface area (Å²) >= 11 is 1.97. The standard InChI is InChI=1S/C14H20N2OS.ClH/c1-10(2)13-9-16(7-8-18-13)14(17)11-5-3-4-6-12(11)15;/h3-6,10,13H,7-9,15H2,1-2H3;1H. The topological polar surface area (TPSA) is 46.3 Å². The van der Waals surface area contributed by atoms with Gasteiger partial charge >= 0.3 is 0 Å². The number of hydrogen-bond donors (Lipinski definition) is 1. The summed E-state index contributed by atoms with van der Waals surface area (Å²) in [6, 6.07) is 7.31. The maximum Gasteiger partial charge on any atom is 0.256 e. The van der Waals surface area contributed by atoms with Crippen LogP contribution < -0.4 is 5.73 Å². The van der Waals surface area contributed by atoms with Crippen LogP contribution in [-0.4, -0.2) is 34.9 Å². The van der Waals surface area contributed by atoms with Gasteiger partial charge in [-0.3, -0.25) is 4.79 Å². The van der Waals surface area contributed by atoms with Crippen LogP contribution in [-0.2, 0) is 0 Å². The molecule has 1 aromatic carbocycles. The highest BCUT2D eigenvalue weighted by atomic mass is 35.5. The quantitative estimate of drug-likeness (QED) is 0.854. The Hall–Kier alpha value is -0.870. The van der Waals surface area contributed by atoms with Gasteiger partial charge in [0.1, 0.15) is 0 Å². The SMILES string of the molecule is CC(C)C1CN(C(=O)c2ccccc2N)CCS1.Cl. The highest BCUT2D eigenvalue weighted by Crippen LogP contribution is 2.26. The van der Waals surface area contributed by atoms with Crippen LogP contribution in [0.5, 0.6) is 0 Å². The van der Waals surface area contributed by atoms with Gasteiger partial charge in [0, 0.05) is 29.8 Å². The Balaban J connectivity index is 0.00000180.